The second-order valence-corrected chi connectivity index (χ2v) is 4.55. The third-order valence-corrected chi connectivity index (χ3v) is 3.29. The molecule has 1 aliphatic rings. The smallest absolute Gasteiger partial charge is 0.329 e. The summed E-state index contributed by atoms with van der Waals surface area (Å²) in [7, 11) is 0. The molecule has 8 heteroatoms. The number of hydrogen-bond donors (Lipinski definition) is 2. The highest BCUT2D eigenvalue weighted by atomic mass is 19.1. The molecule has 7 nitrogen and oxygen atoms in total. The zero-order chi connectivity index (χ0) is 14.8. The predicted octanol–water partition coefficient (Wildman–Crippen LogP) is 1.78. The van der Waals surface area contributed by atoms with E-state index in [1.165, 1.54) is 6.07 Å². The van der Waals surface area contributed by atoms with Crippen molar-refractivity contribution in [1.82, 2.24) is 0 Å². The van der Waals surface area contributed by atoms with E-state index in [0.717, 1.165) is 12.1 Å². The molecule has 0 aliphatic carbocycles. The van der Waals surface area contributed by atoms with Crippen LogP contribution in [0.25, 0.3) is 0 Å². The topological polar surface area (TPSA) is 102 Å². The van der Waals surface area contributed by atoms with E-state index in [0.29, 0.717) is 0 Å². The summed E-state index contributed by atoms with van der Waals surface area (Å²) in [6, 6.07) is 3.06. The fourth-order valence-electron chi connectivity index (χ4n) is 2.09. The minimum atomic E-state index is -1.31. The van der Waals surface area contributed by atoms with E-state index in [-0.39, 0.29) is 37.4 Å². The number of aliphatic carboxylic acids is 1. The number of nitro groups is 1. The lowest BCUT2D eigenvalue weighted by Crippen LogP contribution is -2.50. The predicted molar refractivity (Wildman–Crippen MR) is 67.1 cm³/mol. The van der Waals surface area contributed by atoms with Crippen molar-refractivity contribution in [2.24, 2.45) is 0 Å². The summed E-state index contributed by atoms with van der Waals surface area (Å²) >= 11 is 0. The molecule has 0 atom stereocenters. The van der Waals surface area contributed by atoms with Gasteiger partial charge in [-0.2, -0.15) is 0 Å². The molecule has 0 unspecified atom stereocenters. The fraction of sp³-hybridized carbons (Fsp3) is 0.417. The number of nitrogens with one attached hydrogen (secondary N) is 1. The number of hydrogen-bond acceptors (Lipinski definition) is 5. The van der Waals surface area contributed by atoms with Gasteiger partial charge in [0.05, 0.1) is 16.7 Å². The molecule has 1 aliphatic heterocycles. The minimum Gasteiger partial charge on any atom is -0.480 e. The van der Waals surface area contributed by atoms with Gasteiger partial charge < -0.3 is 15.2 Å². The molecule has 20 heavy (non-hydrogen) atoms. The Kier molecular flexibility index (Phi) is 3.84. The molecule has 1 aromatic carbocycles. The third kappa shape index (κ3) is 2.69. The summed E-state index contributed by atoms with van der Waals surface area (Å²) in [5.74, 6) is -1.95. The van der Waals surface area contributed by atoms with E-state index in [9.17, 15) is 24.4 Å². The maximum Gasteiger partial charge on any atom is 0.329 e. The molecular weight excluding hydrogens is 271 g/mol. The molecule has 0 bridgehead atoms. The number of nitro benzene ring substituents is 1. The third-order valence-electron chi connectivity index (χ3n) is 3.29. The Bertz CT molecular complexity index is 543. The maximum absolute atomic E-state index is 13.8. The average Bonchev–Trinajstić information content (AvgIpc) is 2.41. The zero-order valence-corrected chi connectivity index (χ0v) is 10.5. The second-order valence-electron chi connectivity index (χ2n) is 4.55. The van der Waals surface area contributed by atoms with E-state index in [1.54, 1.807) is 0 Å². The van der Waals surface area contributed by atoms with Crippen molar-refractivity contribution in [3.8, 4) is 0 Å². The summed E-state index contributed by atoms with van der Waals surface area (Å²) < 4.78 is 18.9. The van der Waals surface area contributed by atoms with Gasteiger partial charge in [-0.25, -0.2) is 9.18 Å². The van der Waals surface area contributed by atoms with E-state index in [2.05, 4.69) is 5.32 Å². The van der Waals surface area contributed by atoms with E-state index >= 15 is 0 Å². The number of carbonyl (C=O) groups is 1. The molecule has 0 radical (unpaired) electrons. The van der Waals surface area contributed by atoms with Crippen LogP contribution < -0.4 is 5.32 Å². The number of rotatable bonds is 4. The first kappa shape index (κ1) is 14.2. The molecule has 1 heterocycles. The SMILES string of the molecule is O=C(O)C1(Nc2ccc([N+](=O)[O-])cc2F)CCOCC1. The fourth-order valence-corrected chi connectivity index (χ4v) is 2.09. The van der Waals surface area contributed by atoms with Crippen molar-refractivity contribution in [1.29, 1.82) is 0 Å². The van der Waals surface area contributed by atoms with Crippen LogP contribution in [0.2, 0.25) is 0 Å². The van der Waals surface area contributed by atoms with Crippen LogP contribution >= 0.6 is 0 Å². The lowest BCUT2D eigenvalue weighted by Gasteiger charge is -2.34. The normalized spacial score (nSPS) is 17.4. The van der Waals surface area contributed by atoms with Crippen LogP contribution in [0.4, 0.5) is 15.8 Å². The van der Waals surface area contributed by atoms with Gasteiger partial charge in [-0.15, -0.1) is 0 Å². The van der Waals surface area contributed by atoms with Crippen LogP contribution in [0.15, 0.2) is 18.2 Å². The van der Waals surface area contributed by atoms with E-state index < -0.39 is 22.2 Å². The molecule has 2 N–H and O–H groups in total. The van der Waals surface area contributed by atoms with E-state index in [4.69, 9.17) is 4.74 Å². The summed E-state index contributed by atoms with van der Waals surface area (Å²) in [5.41, 5.74) is -1.76. The Morgan fingerprint density at radius 1 is 1.45 bits per heavy atom. The molecule has 0 saturated carbocycles. The van der Waals surface area contributed by atoms with Crippen LogP contribution in [0.1, 0.15) is 12.8 Å². The van der Waals surface area contributed by atoms with Gasteiger partial charge in [0.1, 0.15) is 5.54 Å². The average molecular weight is 284 g/mol. The lowest BCUT2D eigenvalue weighted by atomic mass is 9.89. The summed E-state index contributed by atoms with van der Waals surface area (Å²) in [6.07, 6.45) is 0.386. The quantitative estimate of drug-likeness (QED) is 0.645. The monoisotopic (exact) mass is 284 g/mol. The number of anilines is 1. The van der Waals surface area contributed by atoms with Gasteiger partial charge in [-0.05, 0) is 6.07 Å². The number of ether oxygens (including phenoxy) is 1. The van der Waals surface area contributed by atoms with Gasteiger partial charge in [0.15, 0.2) is 5.82 Å². The standard InChI is InChI=1S/C12H13FN2O5/c13-9-7-8(15(18)19)1-2-10(9)14-12(11(16)17)3-5-20-6-4-12/h1-2,7,14H,3-6H2,(H,16,17). The molecule has 108 valence electrons. The first-order valence-electron chi connectivity index (χ1n) is 5.98. The molecule has 1 fully saturated rings. The molecule has 1 aromatic rings. The molecule has 1 saturated heterocycles. The van der Waals surface area contributed by atoms with Gasteiger partial charge in [0.2, 0.25) is 0 Å². The number of halogens is 1. The van der Waals surface area contributed by atoms with Crippen LogP contribution in [-0.4, -0.2) is 34.8 Å². The highest BCUT2D eigenvalue weighted by molar-refractivity contribution is 5.83. The molecule has 2 rings (SSSR count). The van der Waals surface area contributed by atoms with Crippen molar-refractivity contribution in [3.05, 3.63) is 34.1 Å². The van der Waals surface area contributed by atoms with Gasteiger partial charge in [0.25, 0.3) is 5.69 Å². The van der Waals surface area contributed by atoms with Crippen molar-refractivity contribution >= 4 is 17.3 Å². The first-order chi connectivity index (χ1) is 9.44. The van der Waals surface area contributed by atoms with Crippen molar-refractivity contribution in [2.45, 2.75) is 18.4 Å². The van der Waals surface area contributed by atoms with E-state index in [1.807, 2.05) is 0 Å². The first-order valence-corrected chi connectivity index (χ1v) is 5.98. The van der Waals surface area contributed by atoms with Gasteiger partial charge in [-0.3, -0.25) is 10.1 Å². The van der Waals surface area contributed by atoms with Gasteiger partial charge >= 0.3 is 5.97 Å². The number of benzene rings is 1. The van der Waals surface area contributed by atoms with Crippen molar-refractivity contribution in [2.75, 3.05) is 18.5 Å². The molecular formula is C12H13FN2O5. The van der Waals surface area contributed by atoms with Crippen LogP contribution in [0.5, 0.6) is 0 Å². The lowest BCUT2D eigenvalue weighted by molar-refractivity contribution is -0.385. The Balaban J connectivity index is 2.27. The summed E-state index contributed by atoms with van der Waals surface area (Å²) in [5, 5.41) is 22.5. The Morgan fingerprint density at radius 3 is 2.60 bits per heavy atom. The minimum absolute atomic E-state index is 0.0695. The highest BCUT2D eigenvalue weighted by Gasteiger charge is 2.40. The number of carboxylic acids is 1. The summed E-state index contributed by atoms with van der Waals surface area (Å²) in [6.45, 7) is 0.516. The number of nitrogens with zero attached hydrogens (tertiary/aromatic N) is 1. The maximum atomic E-state index is 13.8. The molecule has 0 aromatic heterocycles. The zero-order valence-electron chi connectivity index (χ0n) is 10.5. The van der Waals surface area contributed by atoms with Crippen LogP contribution in [0, 0.1) is 15.9 Å². The molecule has 0 amide bonds. The summed E-state index contributed by atoms with van der Waals surface area (Å²) in [4.78, 5) is 21.2. The Morgan fingerprint density at radius 2 is 2.10 bits per heavy atom. The number of carboxylic acid groups (broad SMARTS) is 1. The Hall–Kier alpha value is -2.22. The van der Waals surface area contributed by atoms with Crippen LogP contribution in [-0.2, 0) is 9.53 Å². The largest absolute Gasteiger partial charge is 0.480 e. The Labute approximate surface area is 113 Å². The van der Waals surface area contributed by atoms with Gasteiger partial charge in [0, 0.05) is 32.1 Å². The van der Waals surface area contributed by atoms with Crippen molar-refractivity contribution in [3.63, 3.8) is 0 Å². The van der Waals surface area contributed by atoms with Crippen LogP contribution in [0.3, 0.4) is 0 Å². The highest BCUT2D eigenvalue weighted by Crippen LogP contribution is 2.29. The van der Waals surface area contributed by atoms with Crippen molar-refractivity contribution < 1.29 is 24.0 Å². The van der Waals surface area contributed by atoms with Gasteiger partial charge in [-0.1, -0.05) is 0 Å². The molecule has 0 spiro atoms. The second kappa shape index (κ2) is 5.41. The number of non-ortho nitro benzene ring substituents is 1.